The van der Waals surface area contributed by atoms with Gasteiger partial charge in [0.2, 0.25) is 0 Å². The van der Waals surface area contributed by atoms with Gasteiger partial charge in [-0.1, -0.05) is 23.4 Å². The van der Waals surface area contributed by atoms with E-state index in [4.69, 9.17) is 21.3 Å². The number of likely N-dealkylation sites (tertiary alicyclic amines) is 1. The Kier molecular flexibility index (Phi) is 11.0. The minimum atomic E-state index is -4.18. The Balaban J connectivity index is 1.09. The summed E-state index contributed by atoms with van der Waals surface area (Å²) < 4.78 is 35.3. The highest BCUT2D eigenvalue weighted by molar-refractivity contribution is 7.90. The molecule has 0 bridgehead atoms. The first-order valence-corrected chi connectivity index (χ1v) is 21.3. The number of pyridine rings is 3. The summed E-state index contributed by atoms with van der Waals surface area (Å²) >= 11 is 7.72. The molecule has 2 saturated heterocycles. The molecule has 5 aromatic heterocycles. The molecule has 58 heavy (non-hydrogen) atoms. The number of thiophene rings is 1. The second-order valence-corrected chi connectivity index (χ2v) is 16.9. The fraction of sp³-hybridized carbons (Fsp3) is 0.293. The largest absolute Gasteiger partial charge is 0.378 e. The molecule has 2 aliphatic rings. The van der Waals surface area contributed by atoms with Crippen molar-refractivity contribution in [3.8, 4) is 29.0 Å². The van der Waals surface area contributed by atoms with E-state index in [1.165, 1.54) is 40.4 Å². The lowest BCUT2D eigenvalue weighted by molar-refractivity contribution is -0.0711. The van der Waals surface area contributed by atoms with E-state index in [9.17, 15) is 23.3 Å². The van der Waals surface area contributed by atoms with Crippen molar-refractivity contribution in [3.05, 3.63) is 104 Å². The Labute approximate surface area is 343 Å². The number of aryl methyl sites for hydroxylation is 1. The Morgan fingerprint density at radius 3 is 2.64 bits per heavy atom. The lowest BCUT2D eigenvalue weighted by Crippen LogP contribution is -2.54. The number of anilines is 1. The highest BCUT2D eigenvalue weighted by Gasteiger charge is 2.33. The first kappa shape index (κ1) is 39.1. The number of rotatable bonds is 9. The van der Waals surface area contributed by atoms with E-state index in [2.05, 4.69) is 47.4 Å². The third-order valence-corrected chi connectivity index (χ3v) is 13.1. The van der Waals surface area contributed by atoms with Gasteiger partial charge < -0.3 is 9.64 Å². The third-order valence-electron chi connectivity index (χ3n) is 10.6. The smallest absolute Gasteiger partial charge is 0.268 e. The summed E-state index contributed by atoms with van der Waals surface area (Å²) in [4.78, 5) is 49.5. The van der Waals surface area contributed by atoms with Crippen LogP contribution in [-0.2, 0) is 21.3 Å². The highest BCUT2D eigenvalue weighted by atomic mass is 35.5. The summed E-state index contributed by atoms with van der Waals surface area (Å²) in [6.07, 6.45) is 7.53. The Hall–Kier alpha value is -5.75. The predicted octanol–water partition coefficient (Wildman–Crippen LogP) is 5.16. The lowest BCUT2D eigenvalue weighted by atomic mass is 10.00. The molecule has 6 aromatic rings. The van der Waals surface area contributed by atoms with E-state index < -0.39 is 15.9 Å². The molecule has 0 unspecified atom stereocenters. The molecule has 14 nitrogen and oxygen atoms in total. The van der Waals surface area contributed by atoms with E-state index in [1.54, 1.807) is 42.8 Å². The molecule has 0 saturated carbocycles. The van der Waals surface area contributed by atoms with Crippen LogP contribution in [0.25, 0.3) is 32.2 Å². The van der Waals surface area contributed by atoms with Gasteiger partial charge in [-0.3, -0.25) is 29.0 Å². The van der Waals surface area contributed by atoms with Crippen molar-refractivity contribution >= 4 is 65.8 Å². The highest BCUT2D eigenvalue weighted by Crippen LogP contribution is 2.37. The van der Waals surface area contributed by atoms with E-state index in [0.717, 1.165) is 45.3 Å². The number of piperidine rings is 1. The maximum atomic E-state index is 14.2. The maximum absolute atomic E-state index is 14.2. The van der Waals surface area contributed by atoms with Gasteiger partial charge in [-0.2, -0.15) is 5.26 Å². The second-order valence-electron chi connectivity index (χ2n) is 13.9. The van der Waals surface area contributed by atoms with Crippen molar-refractivity contribution in [2.75, 3.05) is 37.7 Å². The number of nitrogens with one attached hydrogen (secondary N) is 1. The zero-order chi connectivity index (χ0) is 40.6. The predicted molar refractivity (Wildman–Crippen MR) is 221 cm³/mol. The van der Waals surface area contributed by atoms with Crippen molar-refractivity contribution in [3.63, 3.8) is 0 Å². The van der Waals surface area contributed by atoms with E-state index in [1.807, 2.05) is 6.92 Å². The summed E-state index contributed by atoms with van der Waals surface area (Å²) in [5.41, 5.74) is 2.49. The molecule has 2 aliphatic heterocycles. The van der Waals surface area contributed by atoms with Crippen LogP contribution in [0.2, 0.25) is 5.02 Å². The molecule has 2 fully saturated rings. The number of halogens is 1. The molecule has 0 spiro atoms. The number of hydrogen-bond donors (Lipinski definition) is 1. The normalized spacial score (nSPS) is 15.1. The Morgan fingerprint density at radius 2 is 1.93 bits per heavy atom. The van der Waals surface area contributed by atoms with Gasteiger partial charge in [0.1, 0.15) is 28.2 Å². The average Bonchev–Trinajstić information content (AvgIpc) is 3.65. The van der Waals surface area contributed by atoms with Gasteiger partial charge >= 0.3 is 0 Å². The number of benzene rings is 1. The van der Waals surface area contributed by atoms with Crippen LogP contribution in [0.1, 0.15) is 47.1 Å². The summed E-state index contributed by atoms with van der Waals surface area (Å²) in [6.45, 7) is 7.78. The van der Waals surface area contributed by atoms with Crippen LogP contribution < -0.4 is 15.2 Å². The SMILES string of the molecule is CCN(c1ncc2nc(C)n(CC#Cc3ccc(Cl)cc3-c3ccnc4c(C(=O)NS(=O)(=O)c5cccnc5)csc34)c(=O)c2c1C#N)C1CCN(C2COC2)CC1. The molecule has 0 radical (unpaired) electrons. The minimum Gasteiger partial charge on any atom is -0.378 e. The van der Waals surface area contributed by atoms with Gasteiger partial charge in [0.15, 0.2) is 0 Å². The number of fused-ring (bicyclic) bond motifs is 2. The molecule has 8 rings (SSSR count). The maximum Gasteiger partial charge on any atom is 0.268 e. The first-order chi connectivity index (χ1) is 28.1. The number of aromatic nitrogens is 5. The van der Waals surface area contributed by atoms with Crippen LogP contribution >= 0.6 is 22.9 Å². The van der Waals surface area contributed by atoms with Crippen molar-refractivity contribution in [1.82, 2.24) is 34.1 Å². The van der Waals surface area contributed by atoms with Gasteiger partial charge in [0.05, 0.1) is 58.7 Å². The second kappa shape index (κ2) is 16.2. The summed E-state index contributed by atoms with van der Waals surface area (Å²) in [5.74, 6) is 6.40. The molecule has 1 N–H and O–H groups in total. The zero-order valence-electron chi connectivity index (χ0n) is 31.5. The van der Waals surface area contributed by atoms with Gasteiger partial charge in [-0.05, 0) is 63.1 Å². The molecule has 1 aromatic carbocycles. The Bertz CT molecular complexity index is 2850. The van der Waals surface area contributed by atoms with Gasteiger partial charge in [0.25, 0.3) is 21.5 Å². The van der Waals surface area contributed by atoms with Crippen LogP contribution in [-0.4, -0.2) is 88.7 Å². The van der Waals surface area contributed by atoms with E-state index in [0.29, 0.717) is 61.7 Å². The van der Waals surface area contributed by atoms with Crippen LogP contribution in [0.4, 0.5) is 5.82 Å². The molecule has 7 heterocycles. The first-order valence-electron chi connectivity index (χ1n) is 18.6. The van der Waals surface area contributed by atoms with Crippen molar-refractivity contribution in [2.24, 2.45) is 0 Å². The number of carbonyl (C=O) groups is 1. The number of carbonyl (C=O) groups excluding carboxylic acids is 1. The van der Waals surface area contributed by atoms with Crippen molar-refractivity contribution < 1.29 is 17.9 Å². The number of nitrogens with zero attached hydrogens (tertiary/aromatic N) is 8. The number of hydrogen-bond acceptors (Lipinski definition) is 13. The van der Waals surface area contributed by atoms with Crippen LogP contribution in [0, 0.1) is 30.1 Å². The Morgan fingerprint density at radius 1 is 1.12 bits per heavy atom. The molecular formula is C41H36ClN9O5S2. The van der Waals surface area contributed by atoms with Crippen LogP contribution in [0.5, 0.6) is 0 Å². The van der Waals surface area contributed by atoms with Gasteiger partial charge in [-0.15, -0.1) is 11.3 Å². The standard InChI is InChI=1S/C41H36ClN9O5S2/c1-3-50(28-11-16-49(17-12-28)29-22-56-23-29)39-33(19-43)36-35(21-46-39)47-25(2)51(41(36)53)15-5-6-26-8-9-27(42)18-32(26)31-10-14-45-37-34(24-57-38(31)37)40(52)48-58(54,55)30-7-4-13-44-20-30/h4,7-10,13-14,18,20-21,24,28-29H,3,11-12,15-17,22-23H2,1-2H3,(H,48,52). The topological polar surface area (TPSA) is 176 Å². The van der Waals surface area contributed by atoms with E-state index >= 15 is 0 Å². The number of sulfonamides is 1. The molecular weight excluding hydrogens is 798 g/mol. The average molecular weight is 834 g/mol. The number of amides is 1. The molecule has 17 heteroatoms. The quantitative estimate of drug-likeness (QED) is 0.190. The fourth-order valence-electron chi connectivity index (χ4n) is 7.51. The summed E-state index contributed by atoms with van der Waals surface area (Å²) in [5, 5.41) is 12.7. The van der Waals surface area contributed by atoms with E-state index in [-0.39, 0.29) is 39.6 Å². The fourth-order valence-corrected chi connectivity index (χ4v) is 9.64. The van der Waals surface area contributed by atoms with Gasteiger partial charge in [0, 0.05) is 71.4 Å². The monoisotopic (exact) mass is 833 g/mol. The minimum absolute atomic E-state index is 0.0144. The molecule has 1 amide bonds. The number of nitriles is 1. The third kappa shape index (κ3) is 7.41. The van der Waals surface area contributed by atoms with Crippen LogP contribution in [0.3, 0.4) is 0 Å². The molecule has 0 aliphatic carbocycles. The van der Waals surface area contributed by atoms with Crippen LogP contribution in [0.15, 0.2) is 76.3 Å². The molecule has 0 atom stereocenters. The van der Waals surface area contributed by atoms with Crippen molar-refractivity contribution in [1.29, 1.82) is 5.26 Å². The van der Waals surface area contributed by atoms with Crippen molar-refractivity contribution in [2.45, 2.75) is 50.2 Å². The summed E-state index contributed by atoms with van der Waals surface area (Å²) in [7, 11) is -4.18. The number of ether oxygens (including phenoxy) is 1. The summed E-state index contributed by atoms with van der Waals surface area (Å²) in [6, 6.07) is 12.7. The molecule has 294 valence electrons. The lowest BCUT2D eigenvalue weighted by Gasteiger charge is -2.44. The zero-order valence-corrected chi connectivity index (χ0v) is 33.9. The van der Waals surface area contributed by atoms with Gasteiger partial charge in [-0.25, -0.2) is 23.1 Å².